The number of hydrogen-bond donors (Lipinski definition) is 3. The minimum absolute atomic E-state index is 0.0770. The fourth-order valence-corrected chi connectivity index (χ4v) is 3.54. The van der Waals surface area contributed by atoms with Crippen molar-refractivity contribution < 1.29 is 18.3 Å². The van der Waals surface area contributed by atoms with Crippen LogP contribution in [0.5, 0.6) is 0 Å². The largest absolute Gasteiger partial charge is 0.481 e. The molecular formula is C17H19N3O4S. The number of aryl methyl sites for hydroxylation is 1. The van der Waals surface area contributed by atoms with E-state index < -0.39 is 28.5 Å². The second-order valence-corrected chi connectivity index (χ2v) is 7.25. The van der Waals surface area contributed by atoms with Crippen LogP contribution < -0.4 is 10.6 Å². The van der Waals surface area contributed by atoms with Crippen LogP contribution >= 0.6 is 0 Å². The van der Waals surface area contributed by atoms with Gasteiger partial charge < -0.3 is 10.9 Å². The zero-order valence-corrected chi connectivity index (χ0v) is 14.4. The zero-order chi connectivity index (χ0) is 18.4. The Bertz CT molecular complexity index is 877. The molecule has 0 aliphatic carbocycles. The second-order valence-electron chi connectivity index (χ2n) is 5.53. The van der Waals surface area contributed by atoms with E-state index in [1.54, 1.807) is 36.4 Å². The Morgan fingerprint density at radius 3 is 2.56 bits per heavy atom. The van der Waals surface area contributed by atoms with Crippen molar-refractivity contribution in [1.82, 2.24) is 4.72 Å². The topological polar surface area (TPSA) is 122 Å². The number of rotatable bonds is 7. The number of sulfonamides is 1. The summed E-state index contributed by atoms with van der Waals surface area (Å²) in [4.78, 5) is 11.3. The number of nitrogens with two attached hydrogens (primary N) is 1. The third-order valence-corrected chi connectivity index (χ3v) is 5.03. The molecule has 132 valence electrons. The summed E-state index contributed by atoms with van der Waals surface area (Å²) in [7, 11) is -3.87. The van der Waals surface area contributed by atoms with Gasteiger partial charge in [0.1, 0.15) is 0 Å². The van der Waals surface area contributed by atoms with E-state index in [0.29, 0.717) is 11.1 Å². The van der Waals surface area contributed by atoms with Crippen LogP contribution in [-0.2, 0) is 14.8 Å². The highest BCUT2D eigenvalue weighted by molar-refractivity contribution is 7.89. The van der Waals surface area contributed by atoms with Gasteiger partial charge in [0.2, 0.25) is 10.0 Å². The van der Waals surface area contributed by atoms with Gasteiger partial charge in [0.05, 0.1) is 23.6 Å². The first-order valence-electron chi connectivity index (χ1n) is 7.46. The van der Waals surface area contributed by atoms with E-state index in [-0.39, 0.29) is 4.90 Å². The standard InChI is InChI=1S/C17H19N3O4S/c1-12-5-7-15(8-6-12)25(23,24)20-16(10-17(21)22)14-4-2-3-13(9-14)11-19-18/h2-9,11,16,20H,10,18H2,1H3,(H,21,22). The quantitative estimate of drug-likeness (QED) is 0.394. The normalized spacial score (nSPS) is 13.0. The summed E-state index contributed by atoms with van der Waals surface area (Å²) in [5, 5.41) is 12.6. The molecule has 2 aromatic rings. The maximum absolute atomic E-state index is 12.6. The number of hydrazone groups is 1. The number of aliphatic carboxylic acids is 1. The monoisotopic (exact) mass is 361 g/mol. The Balaban J connectivity index is 2.36. The number of carboxylic acids is 1. The number of carbonyl (C=O) groups is 1. The second kappa shape index (κ2) is 7.91. The average molecular weight is 361 g/mol. The van der Waals surface area contributed by atoms with Gasteiger partial charge in [-0.3, -0.25) is 4.79 Å². The van der Waals surface area contributed by atoms with E-state index in [1.807, 2.05) is 6.92 Å². The third kappa shape index (κ3) is 5.13. The van der Waals surface area contributed by atoms with Crippen molar-refractivity contribution in [3.05, 3.63) is 65.2 Å². The summed E-state index contributed by atoms with van der Waals surface area (Å²) in [6, 6.07) is 12.1. The lowest BCUT2D eigenvalue weighted by Crippen LogP contribution is -2.30. The minimum atomic E-state index is -3.87. The van der Waals surface area contributed by atoms with Crippen molar-refractivity contribution in [2.45, 2.75) is 24.3 Å². The molecular weight excluding hydrogens is 342 g/mol. The maximum atomic E-state index is 12.6. The SMILES string of the molecule is Cc1ccc(S(=O)(=O)NC(CC(=O)O)c2cccc(C=NN)c2)cc1. The number of nitrogens with one attached hydrogen (secondary N) is 1. The molecule has 2 rings (SSSR count). The van der Waals surface area contributed by atoms with E-state index in [9.17, 15) is 13.2 Å². The van der Waals surface area contributed by atoms with Crippen molar-refractivity contribution in [3.8, 4) is 0 Å². The molecule has 1 unspecified atom stereocenters. The smallest absolute Gasteiger partial charge is 0.305 e. The summed E-state index contributed by atoms with van der Waals surface area (Å²) in [6.45, 7) is 1.85. The van der Waals surface area contributed by atoms with Gasteiger partial charge in [-0.25, -0.2) is 13.1 Å². The molecule has 0 radical (unpaired) electrons. The molecule has 0 amide bonds. The van der Waals surface area contributed by atoms with Crippen LogP contribution in [0.2, 0.25) is 0 Å². The van der Waals surface area contributed by atoms with Crippen molar-refractivity contribution in [2.24, 2.45) is 10.9 Å². The van der Waals surface area contributed by atoms with Crippen LogP contribution in [0.25, 0.3) is 0 Å². The van der Waals surface area contributed by atoms with E-state index in [0.717, 1.165) is 5.56 Å². The first-order valence-corrected chi connectivity index (χ1v) is 8.94. The molecule has 0 aliphatic heterocycles. The van der Waals surface area contributed by atoms with Crippen molar-refractivity contribution in [3.63, 3.8) is 0 Å². The molecule has 8 heteroatoms. The summed E-state index contributed by atoms with van der Waals surface area (Å²) in [5.74, 6) is 4.01. The number of benzene rings is 2. The predicted molar refractivity (Wildman–Crippen MR) is 94.7 cm³/mol. The highest BCUT2D eigenvalue weighted by Crippen LogP contribution is 2.21. The van der Waals surface area contributed by atoms with Gasteiger partial charge in [-0.2, -0.15) is 5.10 Å². The third-order valence-electron chi connectivity index (χ3n) is 3.54. The minimum Gasteiger partial charge on any atom is -0.481 e. The van der Waals surface area contributed by atoms with Crippen LogP contribution in [0.15, 0.2) is 58.5 Å². The molecule has 0 saturated heterocycles. The van der Waals surface area contributed by atoms with E-state index >= 15 is 0 Å². The molecule has 0 fully saturated rings. The van der Waals surface area contributed by atoms with Crippen LogP contribution in [-0.4, -0.2) is 25.7 Å². The van der Waals surface area contributed by atoms with Gasteiger partial charge >= 0.3 is 5.97 Å². The number of hydrogen-bond acceptors (Lipinski definition) is 5. The molecule has 0 aromatic heterocycles. The molecule has 7 nitrogen and oxygen atoms in total. The molecule has 2 aromatic carbocycles. The van der Waals surface area contributed by atoms with E-state index in [4.69, 9.17) is 10.9 Å². The van der Waals surface area contributed by atoms with Crippen LogP contribution in [0.4, 0.5) is 0 Å². The summed E-state index contributed by atoms with van der Waals surface area (Å²) in [6.07, 6.45) is 1.00. The van der Waals surface area contributed by atoms with Gasteiger partial charge in [-0.1, -0.05) is 35.9 Å². The Labute approximate surface area is 146 Å². The van der Waals surface area contributed by atoms with Crippen LogP contribution in [0.3, 0.4) is 0 Å². The summed E-state index contributed by atoms with van der Waals surface area (Å²) >= 11 is 0. The van der Waals surface area contributed by atoms with Gasteiger partial charge in [0.15, 0.2) is 0 Å². The Morgan fingerprint density at radius 1 is 1.28 bits per heavy atom. The lowest BCUT2D eigenvalue weighted by atomic mass is 10.0. The predicted octanol–water partition coefficient (Wildman–Crippen LogP) is 1.78. The molecule has 0 aliphatic rings. The van der Waals surface area contributed by atoms with Gasteiger partial charge in [0, 0.05) is 0 Å². The van der Waals surface area contributed by atoms with Gasteiger partial charge in [-0.05, 0) is 36.2 Å². The lowest BCUT2D eigenvalue weighted by Gasteiger charge is -2.18. The molecule has 25 heavy (non-hydrogen) atoms. The highest BCUT2D eigenvalue weighted by Gasteiger charge is 2.23. The molecule has 0 bridgehead atoms. The number of nitrogens with zero attached hydrogens (tertiary/aromatic N) is 1. The first kappa shape index (κ1) is 18.6. The summed E-state index contributed by atoms with van der Waals surface area (Å²) < 4.78 is 27.6. The van der Waals surface area contributed by atoms with Gasteiger partial charge in [0.25, 0.3) is 0 Å². The lowest BCUT2D eigenvalue weighted by molar-refractivity contribution is -0.137. The molecule has 0 saturated carbocycles. The molecule has 1 atom stereocenters. The Morgan fingerprint density at radius 2 is 1.96 bits per heavy atom. The van der Waals surface area contributed by atoms with Gasteiger partial charge in [-0.15, -0.1) is 0 Å². The zero-order valence-electron chi connectivity index (χ0n) is 13.6. The molecule has 0 heterocycles. The van der Waals surface area contributed by atoms with Crippen LogP contribution in [0, 0.1) is 6.92 Å². The van der Waals surface area contributed by atoms with E-state index in [1.165, 1.54) is 18.3 Å². The Kier molecular flexibility index (Phi) is 5.89. The molecule has 4 N–H and O–H groups in total. The fraction of sp³-hybridized carbons (Fsp3) is 0.176. The van der Waals surface area contributed by atoms with Crippen molar-refractivity contribution >= 4 is 22.2 Å². The van der Waals surface area contributed by atoms with E-state index in [2.05, 4.69) is 9.82 Å². The first-order chi connectivity index (χ1) is 11.8. The average Bonchev–Trinajstić information content (AvgIpc) is 2.54. The summed E-state index contributed by atoms with van der Waals surface area (Å²) in [5.41, 5.74) is 2.08. The number of carboxylic acid groups (broad SMARTS) is 1. The maximum Gasteiger partial charge on any atom is 0.305 e. The van der Waals surface area contributed by atoms with Crippen LogP contribution in [0.1, 0.15) is 29.2 Å². The highest BCUT2D eigenvalue weighted by atomic mass is 32.2. The van der Waals surface area contributed by atoms with Crippen molar-refractivity contribution in [1.29, 1.82) is 0 Å². The molecule has 0 spiro atoms. The van der Waals surface area contributed by atoms with Crippen molar-refractivity contribution in [2.75, 3.05) is 0 Å². The Hall–Kier alpha value is -2.71. The fourth-order valence-electron chi connectivity index (χ4n) is 2.32.